The normalized spacial score (nSPS) is 10.5. The van der Waals surface area contributed by atoms with Gasteiger partial charge in [-0.15, -0.1) is 0 Å². The van der Waals surface area contributed by atoms with Gasteiger partial charge in [0.25, 0.3) is 0 Å². The van der Waals surface area contributed by atoms with Crippen molar-refractivity contribution in [2.45, 2.75) is 19.3 Å². The maximum Gasteiger partial charge on any atom is 0.226 e. The molecule has 26 heavy (non-hydrogen) atoms. The maximum absolute atomic E-state index is 12.0. The minimum atomic E-state index is -0.0485. The van der Waals surface area contributed by atoms with Crippen LogP contribution in [0, 0.1) is 0 Å². The molecule has 5 nitrogen and oxygen atoms in total. The van der Waals surface area contributed by atoms with E-state index in [4.69, 9.17) is 9.26 Å². The van der Waals surface area contributed by atoms with E-state index in [-0.39, 0.29) is 12.3 Å². The van der Waals surface area contributed by atoms with Crippen LogP contribution in [0.5, 0.6) is 5.75 Å². The fourth-order valence-corrected chi connectivity index (χ4v) is 2.68. The van der Waals surface area contributed by atoms with Crippen LogP contribution in [0.25, 0.3) is 11.3 Å². The molecule has 2 aromatic carbocycles. The van der Waals surface area contributed by atoms with E-state index in [0.717, 1.165) is 24.2 Å². The number of amides is 1. The highest BCUT2D eigenvalue weighted by molar-refractivity contribution is 5.78. The number of nitrogens with one attached hydrogen (secondary N) is 1. The molecule has 0 aliphatic rings. The van der Waals surface area contributed by atoms with Crippen molar-refractivity contribution in [2.24, 2.45) is 0 Å². The molecule has 0 fully saturated rings. The summed E-state index contributed by atoms with van der Waals surface area (Å²) in [5, 5.41) is 6.91. The number of nitrogens with zero attached hydrogens (tertiary/aromatic N) is 1. The summed E-state index contributed by atoms with van der Waals surface area (Å²) in [5.41, 5.74) is 2.80. The predicted octanol–water partition coefficient (Wildman–Crippen LogP) is 3.64. The lowest BCUT2D eigenvalue weighted by Gasteiger charge is -2.04. The summed E-state index contributed by atoms with van der Waals surface area (Å²) < 4.78 is 10.5. The summed E-state index contributed by atoms with van der Waals surface area (Å²) in [6.07, 6.45) is 2.07. The van der Waals surface area contributed by atoms with E-state index in [1.807, 2.05) is 42.5 Å². The second-order valence-corrected chi connectivity index (χ2v) is 6.03. The fourth-order valence-electron chi connectivity index (χ4n) is 2.68. The average Bonchev–Trinajstić information content (AvgIpc) is 3.14. The lowest BCUT2D eigenvalue weighted by atomic mass is 10.1. The molecule has 0 radical (unpaired) electrons. The molecule has 1 heterocycles. The Morgan fingerprint density at radius 2 is 1.88 bits per heavy atom. The third-order valence-corrected chi connectivity index (χ3v) is 4.08. The molecule has 0 aliphatic heterocycles. The van der Waals surface area contributed by atoms with E-state index in [1.54, 1.807) is 13.2 Å². The molecule has 1 N–H and O–H groups in total. The number of hydrogen-bond acceptors (Lipinski definition) is 4. The number of ether oxygens (including phenoxy) is 1. The van der Waals surface area contributed by atoms with E-state index in [2.05, 4.69) is 22.6 Å². The van der Waals surface area contributed by atoms with Crippen LogP contribution in [0.1, 0.15) is 17.7 Å². The largest absolute Gasteiger partial charge is 0.497 e. The van der Waals surface area contributed by atoms with Gasteiger partial charge < -0.3 is 14.6 Å². The molecule has 134 valence electrons. The van der Waals surface area contributed by atoms with E-state index in [0.29, 0.717) is 18.0 Å². The van der Waals surface area contributed by atoms with Gasteiger partial charge in [0, 0.05) is 18.2 Å². The highest BCUT2D eigenvalue weighted by Gasteiger charge is 2.10. The van der Waals surface area contributed by atoms with Crippen LogP contribution in [0.3, 0.4) is 0 Å². The number of methoxy groups -OCH3 is 1. The van der Waals surface area contributed by atoms with E-state index >= 15 is 0 Å². The van der Waals surface area contributed by atoms with E-state index in [1.165, 1.54) is 5.56 Å². The van der Waals surface area contributed by atoms with Crippen molar-refractivity contribution >= 4 is 5.91 Å². The lowest BCUT2D eigenvalue weighted by molar-refractivity contribution is -0.120. The molecule has 3 aromatic rings. The first-order valence-electron chi connectivity index (χ1n) is 8.65. The molecule has 5 heteroatoms. The van der Waals surface area contributed by atoms with Gasteiger partial charge in [0.1, 0.15) is 5.75 Å². The fraction of sp³-hybridized carbons (Fsp3) is 0.238. The summed E-state index contributed by atoms with van der Waals surface area (Å²) in [5.74, 6) is 1.37. The molecule has 0 spiro atoms. The standard InChI is InChI=1S/C21H22N2O3/c1-25-19-11-9-17(10-12-19)20-14-18(23-26-20)15-21(24)22-13-5-8-16-6-3-2-4-7-16/h2-4,6-7,9-12,14H,5,8,13,15H2,1H3,(H,22,24). The first kappa shape index (κ1) is 17.7. The second kappa shape index (κ2) is 8.85. The van der Waals surface area contributed by atoms with Gasteiger partial charge in [-0.1, -0.05) is 35.5 Å². The van der Waals surface area contributed by atoms with Crippen molar-refractivity contribution in [3.05, 3.63) is 71.9 Å². The number of carbonyl (C=O) groups is 1. The average molecular weight is 350 g/mol. The zero-order valence-electron chi connectivity index (χ0n) is 14.8. The Morgan fingerprint density at radius 1 is 1.12 bits per heavy atom. The van der Waals surface area contributed by atoms with Crippen molar-refractivity contribution in [2.75, 3.05) is 13.7 Å². The van der Waals surface area contributed by atoms with Gasteiger partial charge in [-0.05, 0) is 42.7 Å². The molecule has 1 aromatic heterocycles. The van der Waals surface area contributed by atoms with E-state index in [9.17, 15) is 4.79 Å². The van der Waals surface area contributed by atoms with Crippen LogP contribution in [0.2, 0.25) is 0 Å². The van der Waals surface area contributed by atoms with Crippen molar-refractivity contribution < 1.29 is 14.1 Å². The van der Waals surface area contributed by atoms with Gasteiger partial charge in [0.05, 0.1) is 19.2 Å². The van der Waals surface area contributed by atoms with Gasteiger partial charge in [-0.2, -0.15) is 0 Å². The quantitative estimate of drug-likeness (QED) is 0.630. The molecular weight excluding hydrogens is 328 g/mol. The van der Waals surface area contributed by atoms with Crippen LogP contribution in [0.4, 0.5) is 0 Å². The summed E-state index contributed by atoms with van der Waals surface area (Å²) in [4.78, 5) is 12.0. The van der Waals surface area contributed by atoms with Crippen molar-refractivity contribution in [3.63, 3.8) is 0 Å². The Morgan fingerprint density at radius 3 is 2.62 bits per heavy atom. The molecular formula is C21H22N2O3. The number of rotatable bonds is 8. The Bertz CT molecular complexity index is 826. The van der Waals surface area contributed by atoms with Gasteiger partial charge in [-0.3, -0.25) is 4.79 Å². The highest BCUT2D eigenvalue weighted by Crippen LogP contribution is 2.23. The minimum Gasteiger partial charge on any atom is -0.497 e. The third kappa shape index (κ3) is 4.96. The molecule has 0 aliphatic carbocycles. The number of carbonyl (C=O) groups excluding carboxylic acids is 1. The van der Waals surface area contributed by atoms with Gasteiger partial charge >= 0.3 is 0 Å². The molecule has 0 bridgehead atoms. The first-order chi connectivity index (χ1) is 12.7. The second-order valence-electron chi connectivity index (χ2n) is 6.03. The Balaban J connectivity index is 1.45. The Kier molecular flexibility index (Phi) is 6.04. The molecule has 1 amide bonds. The number of aryl methyl sites for hydroxylation is 1. The number of benzene rings is 2. The predicted molar refractivity (Wildman–Crippen MR) is 100.0 cm³/mol. The number of aromatic nitrogens is 1. The van der Waals surface area contributed by atoms with Crippen LogP contribution >= 0.6 is 0 Å². The molecule has 0 saturated carbocycles. The monoisotopic (exact) mass is 350 g/mol. The van der Waals surface area contributed by atoms with Crippen molar-refractivity contribution in [1.29, 1.82) is 0 Å². The highest BCUT2D eigenvalue weighted by atomic mass is 16.5. The molecule has 0 unspecified atom stereocenters. The molecule has 0 atom stereocenters. The lowest BCUT2D eigenvalue weighted by Crippen LogP contribution is -2.26. The summed E-state index contributed by atoms with van der Waals surface area (Å²) >= 11 is 0. The van der Waals surface area contributed by atoms with Gasteiger partial charge in [0.2, 0.25) is 5.91 Å². The van der Waals surface area contributed by atoms with Gasteiger partial charge in [-0.25, -0.2) is 0 Å². The van der Waals surface area contributed by atoms with Gasteiger partial charge in [0.15, 0.2) is 5.76 Å². The Labute approximate surface area is 153 Å². The van der Waals surface area contributed by atoms with Crippen LogP contribution in [0.15, 0.2) is 65.2 Å². The topological polar surface area (TPSA) is 64.4 Å². The maximum atomic E-state index is 12.0. The first-order valence-corrected chi connectivity index (χ1v) is 8.65. The summed E-state index contributed by atoms with van der Waals surface area (Å²) in [6, 6.07) is 19.6. The zero-order valence-corrected chi connectivity index (χ0v) is 14.8. The zero-order chi connectivity index (χ0) is 18.2. The molecule has 3 rings (SSSR count). The molecule has 0 saturated heterocycles. The van der Waals surface area contributed by atoms with Crippen LogP contribution in [-0.2, 0) is 17.6 Å². The smallest absolute Gasteiger partial charge is 0.226 e. The van der Waals surface area contributed by atoms with E-state index < -0.39 is 0 Å². The third-order valence-electron chi connectivity index (χ3n) is 4.08. The SMILES string of the molecule is COc1ccc(-c2cc(CC(=O)NCCCc3ccccc3)no2)cc1. The van der Waals surface area contributed by atoms with Crippen molar-refractivity contribution in [1.82, 2.24) is 10.5 Å². The van der Waals surface area contributed by atoms with Crippen molar-refractivity contribution in [3.8, 4) is 17.1 Å². The number of hydrogen-bond donors (Lipinski definition) is 1. The minimum absolute atomic E-state index is 0.0485. The van der Waals surface area contributed by atoms with Crippen LogP contribution < -0.4 is 10.1 Å². The van der Waals surface area contributed by atoms with Crippen LogP contribution in [-0.4, -0.2) is 24.7 Å². The Hall–Kier alpha value is -3.08. The summed E-state index contributed by atoms with van der Waals surface area (Å²) in [7, 11) is 1.63. The summed E-state index contributed by atoms with van der Waals surface area (Å²) in [6.45, 7) is 0.650.